The summed E-state index contributed by atoms with van der Waals surface area (Å²) >= 11 is 0. The highest BCUT2D eigenvalue weighted by Crippen LogP contribution is 2.29. The van der Waals surface area contributed by atoms with Gasteiger partial charge in [0, 0.05) is 11.1 Å². The molecule has 0 aliphatic rings. The van der Waals surface area contributed by atoms with Crippen molar-refractivity contribution in [3.05, 3.63) is 107 Å². The van der Waals surface area contributed by atoms with Gasteiger partial charge in [-0.1, -0.05) is 48.5 Å². The van der Waals surface area contributed by atoms with Crippen LogP contribution in [0, 0.1) is 22.7 Å². The summed E-state index contributed by atoms with van der Waals surface area (Å²) in [6.45, 7) is 0. The van der Waals surface area contributed by atoms with Gasteiger partial charge in [-0.3, -0.25) is 0 Å². The summed E-state index contributed by atoms with van der Waals surface area (Å²) in [5.74, 6) is 0.0465. The van der Waals surface area contributed by atoms with Gasteiger partial charge in [0.05, 0.1) is 35.7 Å². The van der Waals surface area contributed by atoms with Crippen LogP contribution in [-0.2, 0) is 0 Å². The summed E-state index contributed by atoms with van der Waals surface area (Å²) in [6.07, 6.45) is 2.80. The van der Waals surface area contributed by atoms with Crippen molar-refractivity contribution in [3.8, 4) is 45.9 Å². The third-order valence-electron chi connectivity index (χ3n) is 5.23. The molecule has 6 heteroatoms. The summed E-state index contributed by atoms with van der Waals surface area (Å²) in [6, 6.07) is 28.7. The Hall–Kier alpha value is -5.20. The molecule has 6 nitrogen and oxygen atoms in total. The first-order valence-electron chi connectivity index (χ1n) is 10.3. The Morgan fingerprint density at radius 3 is 1.41 bits per heavy atom. The molecule has 0 heterocycles. The van der Waals surface area contributed by atoms with Crippen molar-refractivity contribution in [2.45, 2.75) is 0 Å². The number of nitrogens with zero attached hydrogens (tertiary/aromatic N) is 4. The fourth-order valence-corrected chi connectivity index (χ4v) is 3.51. The van der Waals surface area contributed by atoms with Gasteiger partial charge in [0.1, 0.15) is 11.5 Å². The fourth-order valence-electron chi connectivity index (χ4n) is 3.51. The Kier molecular flexibility index (Phi) is 6.44. The quantitative estimate of drug-likeness (QED) is 0.308. The van der Waals surface area contributed by atoms with E-state index < -0.39 is 0 Å². The maximum absolute atomic E-state index is 10.2. The molecule has 162 valence electrons. The Morgan fingerprint density at radius 1 is 0.588 bits per heavy atom. The number of benzene rings is 4. The molecule has 0 aliphatic heterocycles. The molecule has 0 unspecified atom stereocenters. The molecule has 4 aromatic carbocycles. The first-order chi connectivity index (χ1) is 16.6. The van der Waals surface area contributed by atoms with Crippen molar-refractivity contribution in [1.29, 1.82) is 10.5 Å². The zero-order valence-corrected chi connectivity index (χ0v) is 17.9. The molecule has 0 saturated carbocycles. The van der Waals surface area contributed by atoms with Crippen LogP contribution >= 0.6 is 0 Å². The Bertz CT molecular complexity index is 1390. The molecule has 34 heavy (non-hydrogen) atoms. The van der Waals surface area contributed by atoms with Gasteiger partial charge in [-0.2, -0.15) is 20.7 Å². The molecule has 0 fully saturated rings. The Labute approximate surface area is 196 Å². The van der Waals surface area contributed by atoms with Gasteiger partial charge >= 0.3 is 0 Å². The van der Waals surface area contributed by atoms with Crippen LogP contribution in [-0.4, -0.2) is 22.6 Å². The summed E-state index contributed by atoms with van der Waals surface area (Å²) in [5, 5.41) is 47.1. The SMILES string of the molecule is N#Cc1ccccc1-c1ccc(O)c(/C=N/N=C/c2cc(-c3ccccc3C#N)ccc2O)c1. The number of phenolic OH excluding ortho intramolecular Hbond substituents is 2. The van der Waals surface area contributed by atoms with Gasteiger partial charge in [-0.15, -0.1) is 0 Å². The van der Waals surface area contributed by atoms with Gasteiger partial charge < -0.3 is 10.2 Å². The van der Waals surface area contributed by atoms with E-state index in [1.54, 1.807) is 48.5 Å². The largest absolute Gasteiger partial charge is 0.507 e. The van der Waals surface area contributed by atoms with E-state index in [0.29, 0.717) is 22.3 Å². The maximum atomic E-state index is 10.2. The number of hydrogen-bond donors (Lipinski definition) is 2. The number of rotatable bonds is 5. The molecule has 0 aromatic heterocycles. The smallest absolute Gasteiger partial charge is 0.124 e. The van der Waals surface area contributed by atoms with E-state index in [1.165, 1.54) is 24.6 Å². The molecule has 0 bridgehead atoms. The number of aromatic hydroxyl groups is 2. The van der Waals surface area contributed by atoms with Crippen LogP contribution in [0.25, 0.3) is 22.3 Å². The van der Waals surface area contributed by atoms with Crippen LogP contribution in [0.2, 0.25) is 0 Å². The van der Waals surface area contributed by atoms with E-state index in [1.807, 2.05) is 24.3 Å². The third-order valence-corrected chi connectivity index (χ3v) is 5.23. The summed E-state index contributed by atoms with van der Waals surface area (Å²) in [7, 11) is 0. The number of phenols is 2. The van der Waals surface area contributed by atoms with Crippen molar-refractivity contribution in [1.82, 2.24) is 0 Å². The van der Waals surface area contributed by atoms with Crippen LogP contribution in [0.5, 0.6) is 11.5 Å². The second-order valence-electron chi connectivity index (χ2n) is 7.35. The van der Waals surface area contributed by atoms with Crippen molar-refractivity contribution in [2.75, 3.05) is 0 Å². The Morgan fingerprint density at radius 2 is 1.00 bits per heavy atom. The minimum absolute atomic E-state index is 0.0232. The lowest BCUT2D eigenvalue weighted by Gasteiger charge is -2.06. The lowest BCUT2D eigenvalue weighted by atomic mass is 9.98. The third kappa shape index (κ3) is 4.67. The molecule has 0 aliphatic carbocycles. The van der Waals surface area contributed by atoms with Crippen LogP contribution in [0.1, 0.15) is 22.3 Å². The van der Waals surface area contributed by atoms with Crippen LogP contribution < -0.4 is 0 Å². The lowest BCUT2D eigenvalue weighted by molar-refractivity contribution is 0.474. The molecule has 0 saturated heterocycles. The fraction of sp³-hybridized carbons (Fsp3) is 0. The standard InChI is InChI=1S/C28H18N4O2/c29-15-21-5-1-3-7-25(21)19-9-11-27(33)23(13-19)17-31-32-18-24-14-20(10-12-28(24)34)26-8-4-2-6-22(26)16-30/h1-14,17-18,33-34H/b31-17+,32-18+. The van der Waals surface area contributed by atoms with E-state index in [2.05, 4.69) is 22.3 Å². The minimum Gasteiger partial charge on any atom is -0.507 e. The van der Waals surface area contributed by atoms with Crippen molar-refractivity contribution >= 4 is 12.4 Å². The topological polar surface area (TPSA) is 113 Å². The van der Waals surface area contributed by atoms with Crippen molar-refractivity contribution in [2.24, 2.45) is 10.2 Å². The van der Waals surface area contributed by atoms with Crippen LogP contribution in [0.15, 0.2) is 95.1 Å². The summed E-state index contributed by atoms with van der Waals surface area (Å²) in [5.41, 5.74) is 4.96. The van der Waals surface area contributed by atoms with Gasteiger partial charge in [-0.25, -0.2) is 0 Å². The molecule has 0 amide bonds. The molecule has 0 radical (unpaired) electrons. The van der Waals surface area contributed by atoms with Gasteiger partial charge in [0.2, 0.25) is 0 Å². The molecule has 4 rings (SSSR count). The predicted molar refractivity (Wildman–Crippen MR) is 132 cm³/mol. The van der Waals surface area contributed by atoms with Gasteiger partial charge in [0.15, 0.2) is 0 Å². The van der Waals surface area contributed by atoms with Gasteiger partial charge in [0.25, 0.3) is 0 Å². The first-order valence-corrected chi connectivity index (χ1v) is 10.3. The van der Waals surface area contributed by atoms with E-state index in [-0.39, 0.29) is 11.5 Å². The molecule has 2 N–H and O–H groups in total. The maximum Gasteiger partial charge on any atom is 0.124 e. The Balaban J connectivity index is 1.60. The van der Waals surface area contributed by atoms with Crippen LogP contribution in [0.4, 0.5) is 0 Å². The monoisotopic (exact) mass is 442 g/mol. The number of hydrogen-bond acceptors (Lipinski definition) is 6. The molecule has 0 spiro atoms. The zero-order chi connectivity index (χ0) is 23.9. The van der Waals surface area contributed by atoms with Crippen molar-refractivity contribution < 1.29 is 10.2 Å². The average molecular weight is 442 g/mol. The zero-order valence-electron chi connectivity index (χ0n) is 17.9. The second kappa shape index (κ2) is 9.95. The predicted octanol–water partition coefficient (Wildman–Crippen LogP) is 5.63. The lowest BCUT2D eigenvalue weighted by Crippen LogP contribution is -1.89. The minimum atomic E-state index is 0.0232. The normalized spacial score (nSPS) is 10.9. The second-order valence-corrected chi connectivity index (χ2v) is 7.35. The summed E-state index contributed by atoms with van der Waals surface area (Å²) in [4.78, 5) is 0. The highest BCUT2D eigenvalue weighted by atomic mass is 16.3. The highest BCUT2D eigenvalue weighted by Gasteiger charge is 2.08. The molecular formula is C28H18N4O2. The van der Waals surface area contributed by atoms with E-state index in [0.717, 1.165) is 22.3 Å². The molecular weight excluding hydrogens is 424 g/mol. The van der Waals surface area contributed by atoms with Crippen molar-refractivity contribution in [3.63, 3.8) is 0 Å². The molecule has 0 atom stereocenters. The first kappa shape index (κ1) is 22.0. The average Bonchev–Trinajstić information content (AvgIpc) is 2.88. The number of nitriles is 2. The molecule has 4 aromatic rings. The highest BCUT2D eigenvalue weighted by molar-refractivity contribution is 5.89. The van der Waals surface area contributed by atoms with E-state index in [9.17, 15) is 20.7 Å². The van der Waals surface area contributed by atoms with Crippen LogP contribution in [0.3, 0.4) is 0 Å². The van der Waals surface area contributed by atoms with Gasteiger partial charge in [-0.05, 0) is 58.7 Å². The summed E-state index contributed by atoms with van der Waals surface area (Å²) < 4.78 is 0. The van der Waals surface area contributed by atoms with E-state index in [4.69, 9.17) is 0 Å². The van der Waals surface area contributed by atoms with E-state index >= 15 is 0 Å².